The first-order chi connectivity index (χ1) is 10.1. The lowest BCUT2D eigenvalue weighted by atomic mass is 9.50. The molecule has 4 saturated carbocycles. The normalized spacial score (nSPS) is 54.9. The summed E-state index contributed by atoms with van der Waals surface area (Å²) in [5.41, 5.74) is 2.31. The number of hydrogen-bond donors (Lipinski definition) is 1. The SMILES string of the molecule is C/C=C1/CC[C@@H]2[C@@H]3CC[C@H]4C[C@H](O)CC[C@@H]4[C@H]3CC[C@]12C. The number of allylic oxidation sites excluding steroid dienone is 2. The molecule has 0 aromatic heterocycles. The van der Waals surface area contributed by atoms with Gasteiger partial charge in [0.05, 0.1) is 6.10 Å². The molecule has 0 saturated heterocycles. The summed E-state index contributed by atoms with van der Waals surface area (Å²) in [5, 5.41) is 9.99. The van der Waals surface area contributed by atoms with Crippen LogP contribution in [0.4, 0.5) is 0 Å². The molecule has 0 amide bonds. The summed E-state index contributed by atoms with van der Waals surface area (Å²) in [7, 11) is 0. The number of aliphatic hydroxyl groups is 1. The van der Waals surface area contributed by atoms with Gasteiger partial charge in [-0.3, -0.25) is 0 Å². The largest absolute Gasteiger partial charge is 0.393 e. The van der Waals surface area contributed by atoms with Crippen molar-refractivity contribution >= 4 is 0 Å². The number of aliphatic hydroxyl groups excluding tert-OH is 1. The second-order valence-corrected chi connectivity index (χ2v) is 8.71. The van der Waals surface area contributed by atoms with Crippen LogP contribution in [-0.4, -0.2) is 11.2 Å². The van der Waals surface area contributed by atoms with E-state index in [1.807, 2.05) is 0 Å². The van der Waals surface area contributed by atoms with Crippen molar-refractivity contribution in [2.45, 2.75) is 77.7 Å². The average molecular weight is 288 g/mol. The molecule has 0 aliphatic heterocycles. The smallest absolute Gasteiger partial charge is 0.0543 e. The highest BCUT2D eigenvalue weighted by atomic mass is 16.3. The van der Waals surface area contributed by atoms with Gasteiger partial charge in [0.2, 0.25) is 0 Å². The van der Waals surface area contributed by atoms with Gasteiger partial charge < -0.3 is 5.11 Å². The molecule has 0 bridgehead atoms. The minimum atomic E-state index is 0.0118. The van der Waals surface area contributed by atoms with Crippen molar-refractivity contribution in [2.24, 2.45) is 35.0 Å². The predicted octanol–water partition coefficient (Wildman–Crippen LogP) is 4.95. The summed E-state index contributed by atoms with van der Waals surface area (Å²) < 4.78 is 0. The van der Waals surface area contributed by atoms with E-state index in [-0.39, 0.29) is 6.10 Å². The molecule has 0 heterocycles. The summed E-state index contributed by atoms with van der Waals surface area (Å²) in [6.45, 7) is 4.83. The third kappa shape index (κ3) is 2.06. The summed E-state index contributed by atoms with van der Waals surface area (Å²) in [5.74, 6) is 4.76. The zero-order valence-corrected chi connectivity index (χ0v) is 13.9. The highest BCUT2D eigenvalue weighted by molar-refractivity contribution is 5.23. The first-order valence-corrected chi connectivity index (χ1v) is 9.47. The van der Waals surface area contributed by atoms with Crippen LogP contribution in [0.15, 0.2) is 11.6 Å². The van der Waals surface area contributed by atoms with Gasteiger partial charge in [-0.1, -0.05) is 18.6 Å². The summed E-state index contributed by atoms with van der Waals surface area (Å²) in [6, 6.07) is 0. The first kappa shape index (κ1) is 14.3. The van der Waals surface area contributed by atoms with Crippen molar-refractivity contribution < 1.29 is 5.11 Å². The van der Waals surface area contributed by atoms with E-state index in [1.54, 1.807) is 5.57 Å². The summed E-state index contributed by atoms with van der Waals surface area (Å²) in [4.78, 5) is 0. The lowest BCUT2D eigenvalue weighted by Gasteiger charge is -2.55. The van der Waals surface area contributed by atoms with Gasteiger partial charge in [-0.05, 0) is 99.7 Å². The van der Waals surface area contributed by atoms with Crippen LogP contribution in [0.5, 0.6) is 0 Å². The van der Waals surface area contributed by atoms with E-state index in [0.29, 0.717) is 5.41 Å². The molecule has 0 aromatic rings. The summed E-state index contributed by atoms with van der Waals surface area (Å²) in [6.07, 6.45) is 14.5. The van der Waals surface area contributed by atoms with Crippen LogP contribution < -0.4 is 0 Å². The Balaban J connectivity index is 1.58. The third-order valence-corrected chi connectivity index (χ3v) is 8.12. The minimum absolute atomic E-state index is 0.0118. The van der Waals surface area contributed by atoms with Crippen LogP contribution in [-0.2, 0) is 0 Å². The Morgan fingerprint density at radius 3 is 2.62 bits per heavy atom. The van der Waals surface area contributed by atoms with E-state index in [0.717, 1.165) is 42.4 Å². The van der Waals surface area contributed by atoms with Gasteiger partial charge in [-0.25, -0.2) is 0 Å². The second kappa shape index (κ2) is 5.11. The van der Waals surface area contributed by atoms with Gasteiger partial charge in [0.1, 0.15) is 0 Å². The molecule has 1 N–H and O–H groups in total. The zero-order valence-electron chi connectivity index (χ0n) is 13.9. The molecule has 4 fully saturated rings. The molecule has 0 aromatic carbocycles. The molecule has 7 atom stereocenters. The van der Waals surface area contributed by atoms with Crippen molar-refractivity contribution in [1.29, 1.82) is 0 Å². The van der Waals surface area contributed by atoms with Crippen molar-refractivity contribution in [1.82, 2.24) is 0 Å². The quantitative estimate of drug-likeness (QED) is 0.626. The molecular formula is C20H32O. The molecule has 4 aliphatic carbocycles. The Morgan fingerprint density at radius 2 is 1.81 bits per heavy atom. The van der Waals surface area contributed by atoms with E-state index < -0.39 is 0 Å². The highest BCUT2D eigenvalue weighted by Gasteiger charge is 2.54. The highest BCUT2D eigenvalue weighted by Crippen LogP contribution is 2.63. The minimum Gasteiger partial charge on any atom is -0.393 e. The fourth-order valence-corrected chi connectivity index (χ4v) is 7.15. The summed E-state index contributed by atoms with van der Waals surface area (Å²) >= 11 is 0. The third-order valence-electron chi connectivity index (χ3n) is 8.12. The average Bonchev–Trinajstić information content (AvgIpc) is 2.83. The van der Waals surface area contributed by atoms with Crippen molar-refractivity contribution in [3.05, 3.63) is 11.6 Å². The Kier molecular flexibility index (Phi) is 3.48. The number of fused-ring (bicyclic) bond motifs is 5. The lowest BCUT2D eigenvalue weighted by Crippen LogP contribution is -2.48. The molecule has 4 rings (SSSR count). The molecule has 21 heavy (non-hydrogen) atoms. The van der Waals surface area contributed by atoms with Crippen molar-refractivity contribution in [3.8, 4) is 0 Å². The lowest BCUT2D eigenvalue weighted by molar-refractivity contribution is -0.0610. The van der Waals surface area contributed by atoms with E-state index in [4.69, 9.17) is 0 Å². The van der Waals surface area contributed by atoms with Gasteiger partial charge >= 0.3 is 0 Å². The molecule has 0 spiro atoms. The van der Waals surface area contributed by atoms with Crippen LogP contribution in [0.2, 0.25) is 0 Å². The number of hydrogen-bond acceptors (Lipinski definition) is 1. The maximum absolute atomic E-state index is 9.99. The van der Waals surface area contributed by atoms with Crippen LogP contribution in [0.25, 0.3) is 0 Å². The fraction of sp³-hybridized carbons (Fsp3) is 0.900. The molecular weight excluding hydrogens is 256 g/mol. The Morgan fingerprint density at radius 1 is 1.00 bits per heavy atom. The van der Waals surface area contributed by atoms with Crippen LogP contribution in [0.1, 0.15) is 71.6 Å². The Labute approximate surface area is 130 Å². The van der Waals surface area contributed by atoms with Crippen LogP contribution in [0.3, 0.4) is 0 Å². The van der Waals surface area contributed by atoms with E-state index in [2.05, 4.69) is 19.9 Å². The predicted molar refractivity (Wildman–Crippen MR) is 86.9 cm³/mol. The molecule has 4 aliphatic rings. The van der Waals surface area contributed by atoms with E-state index in [9.17, 15) is 5.11 Å². The molecule has 0 radical (unpaired) electrons. The fourth-order valence-electron chi connectivity index (χ4n) is 7.15. The van der Waals surface area contributed by atoms with Gasteiger partial charge in [0, 0.05) is 0 Å². The maximum atomic E-state index is 9.99. The Hall–Kier alpha value is -0.300. The topological polar surface area (TPSA) is 20.2 Å². The molecule has 0 unspecified atom stereocenters. The van der Waals surface area contributed by atoms with Gasteiger partial charge in [0.15, 0.2) is 0 Å². The maximum Gasteiger partial charge on any atom is 0.0543 e. The zero-order chi connectivity index (χ0) is 14.6. The van der Waals surface area contributed by atoms with Gasteiger partial charge in [-0.2, -0.15) is 0 Å². The first-order valence-electron chi connectivity index (χ1n) is 9.47. The van der Waals surface area contributed by atoms with Gasteiger partial charge in [-0.15, -0.1) is 0 Å². The molecule has 118 valence electrons. The van der Waals surface area contributed by atoms with Crippen LogP contribution in [0, 0.1) is 35.0 Å². The van der Waals surface area contributed by atoms with Gasteiger partial charge in [0.25, 0.3) is 0 Å². The Bertz CT molecular complexity index is 439. The van der Waals surface area contributed by atoms with E-state index >= 15 is 0 Å². The van der Waals surface area contributed by atoms with Crippen LogP contribution >= 0.6 is 0 Å². The van der Waals surface area contributed by atoms with E-state index in [1.165, 1.54) is 44.9 Å². The number of rotatable bonds is 0. The molecule has 1 nitrogen and oxygen atoms in total. The van der Waals surface area contributed by atoms with Crippen molar-refractivity contribution in [3.63, 3.8) is 0 Å². The second-order valence-electron chi connectivity index (χ2n) is 8.71. The molecule has 1 heteroatoms. The van der Waals surface area contributed by atoms with Crippen molar-refractivity contribution in [2.75, 3.05) is 0 Å². The monoisotopic (exact) mass is 288 g/mol. The standard InChI is InChI=1S/C20H32O/c1-3-14-5-9-19-18-7-4-13-12-15(21)6-8-16(13)17(18)10-11-20(14,19)2/h3,13,15-19,21H,4-12H2,1-2H3/b14-3-/t13-,15+,16-,17+,18+,19+,20+/m0/s1.